The molecule has 33 heavy (non-hydrogen) atoms. The second-order valence-corrected chi connectivity index (χ2v) is 9.25. The SMILES string of the molecule is CC(C)(C)C1CC(c2cc(=O)[nH]c3c(-c4nnc(CC(F)(F)F)o4)cnn23)CCN1C(=O)O. The molecule has 1 aliphatic heterocycles. The maximum atomic E-state index is 12.6. The fourth-order valence-corrected chi connectivity index (χ4v) is 4.35. The van der Waals surface area contributed by atoms with Gasteiger partial charge in [0.25, 0.3) is 11.4 Å². The molecular weight excluding hydrogens is 445 g/mol. The van der Waals surface area contributed by atoms with Crippen LogP contribution in [0.4, 0.5) is 18.0 Å². The Morgan fingerprint density at radius 2 is 2.03 bits per heavy atom. The van der Waals surface area contributed by atoms with Crippen molar-refractivity contribution in [3.05, 3.63) is 34.2 Å². The van der Waals surface area contributed by atoms with Crippen LogP contribution < -0.4 is 5.56 Å². The van der Waals surface area contributed by atoms with E-state index in [0.29, 0.717) is 25.1 Å². The first-order valence-electron chi connectivity index (χ1n) is 10.3. The molecule has 4 heterocycles. The van der Waals surface area contributed by atoms with Crippen molar-refractivity contribution in [1.29, 1.82) is 0 Å². The molecule has 1 amide bonds. The average Bonchev–Trinajstić information content (AvgIpc) is 3.31. The summed E-state index contributed by atoms with van der Waals surface area (Å²) in [5.41, 5.74) is 0.236. The topological polar surface area (TPSA) is 130 Å². The van der Waals surface area contributed by atoms with Gasteiger partial charge >= 0.3 is 12.3 Å². The lowest BCUT2D eigenvalue weighted by molar-refractivity contribution is -0.130. The van der Waals surface area contributed by atoms with Gasteiger partial charge < -0.3 is 19.4 Å². The molecular formula is C20H23F3N6O4. The highest BCUT2D eigenvalue weighted by molar-refractivity contribution is 5.71. The Kier molecular flexibility index (Phi) is 5.45. The molecule has 0 aliphatic carbocycles. The summed E-state index contributed by atoms with van der Waals surface area (Å²) in [6.45, 7) is 6.19. The van der Waals surface area contributed by atoms with E-state index in [1.54, 1.807) is 0 Å². The molecule has 4 rings (SSSR count). The molecule has 0 spiro atoms. The summed E-state index contributed by atoms with van der Waals surface area (Å²) in [5, 5.41) is 21.0. The number of likely N-dealkylation sites (tertiary alicyclic amines) is 1. The number of nitrogens with one attached hydrogen (secondary N) is 1. The first kappa shape index (κ1) is 22.8. The summed E-state index contributed by atoms with van der Waals surface area (Å²) in [4.78, 5) is 28.2. The summed E-state index contributed by atoms with van der Waals surface area (Å²) in [5.74, 6) is -0.944. The molecule has 1 saturated heterocycles. The minimum absolute atomic E-state index is 0.161. The third kappa shape index (κ3) is 4.57. The van der Waals surface area contributed by atoms with Gasteiger partial charge in [-0.1, -0.05) is 20.8 Å². The second kappa shape index (κ2) is 7.89. The summed E-state index contributed by atoms with van der Waals surface area (Å²) in [7, 11) is 0. The molecule has 13 heteroatoms. The minimum atomic E-state index is -4.50. The van der Waals surface area contributed by atoms with Crippen molar-refractivity contribution in [2.75, 3.05) is 6.54 Å². The fourth-order valence-electron chi connectivity index (χ4n) is 4.35. The van der Waals surface area contributed by atoms with Crippen LogP contribution in [0.1, 0.15) is 51.1 Å². The maximum Gasteiger partial charge on any atom is 0.407 e. The lowest BCUT2D eigenvalue weighted by Crippen LogP contribution is -2.51. The van der Waals surface area contributed by atoms with Gasteiger partial charge in [0.1, 0.15) is 17.6 Å². The standard InChI is InChI=1S/C20H23F3N6O4/c1-19(2,3)13-6-10(4-5-28(13)18(31)32)12-7-14(30)25-16-11(9-24-29(12)16)17-27-26-15(33-17)8-20(21,22)23/h7,9-10,13H,4-6,8H2,1-3H3,(H,25,30)(H,31,32). The van der Waals surface area contributed by atoms with Crippen molar-refractivity contribution >= 4 is 11.7 Å². The first-order chi connectivity index (χ1) is 15.3. The number of aromatic nitrogens is 5. The molecule has 0 radical (unpaired) electrons. The van der Waals surface area contributed by atoms with Crippen LogP contribution >= 0.6 is 0 Å². The Morgan fingerprint density at radius 3 is 2.67 bits per heavy atom. The van der Waals surface area contributed by atoms with E-state index in [4.69, 9.17) is 4.42 Å². The Labute approximate surface area is 185 Å². The first-order valence-corrected chi connectivity index (χ1v) is 10.3. The number of hydrogen-bond donors (Lipinski definition) is 2. The van der Waals surface area contributed by atoms with Gasteiger partial charge in [0.15, 0.2) is 0 Å². The lowest BCUT2D eigenvalue weighted by atomic mass is 9.76. The Balaban J connectivity index is 1.72. The van der Waals surface area contributed by atoms with Crippen LogP contribution in [0.15, 0.2) is 21.5 Å². The molecule has 178 valence electrons. The highest BCUT2D eigenvalue weighted by atomic mass is 19.4. The van der Waals surface area contributed by atoms with Crippen molar-refractivity contribution in [1.82, 2.24) is 29.7 Å². The number of halogens is 3. The van der Waals surface area contributed by atoms with Crippen LogP contribution in [0, 0.1) is 5.41 Å². The Hall–Kier alpha value is -3.38. The second-order valence-electron chi connectivity index (χ2n) is 9.25. The minimum Gasteiger partial charge on any atom is -0.465 e. The largest absolute Gasteiger partial charge is 0.465 e. The van der Waals surface area contributed by atoms with Gasteiger partial charge in [-0.05, 0) is 18.3 Å². The number of carboxylic acid groups (broad SMARTS) is 1. The zero-order valence-corrected chi connectivity index (χ0v) is 18.2. The molecule has 1 fully saturated rings. The zero-order valence-electron chi connectivity index (χ0n) is 18.2. The van der Waals surface area contributed by atoms with Gasteiger partial charge in [0.2, 0.25) is 5.89 Å². The molecule has 2 N–H and O–H groups in total. The van der Waals surface area contributed by atoms with E-state index in [-0.39, 0.29) is 34.5 Å². The third-order valence-electron chi connectivity index (χ3n) is 5.85. The number of H-pyrrole nitrogens is 1. The number of rotatable bonds is 3. The number of carbonyl (C=O) groups is 1. The molecule has 2 atom stereocenters. The molecule has 1 aliphatic rings. The van der Waals surface area contributed by atoms with Crippen molar-refractivity contribution in [2.24, 2.45) is 5.41 Å². The van der Waals surface area contributed by atoms with E-state index in [9.17, 15) is 27.9 Å². The number of hydrogen-bond acceptors (Lipinski definition) is 6. The van der Waals surface area contributed by atoms with Crippen molar-refractivity contribution < 1.29 is 27.5 Å². The lowest BCUT2D eigenvalue weighted by Gasteiger charge is -2.44. The van der Waals surface area contributed by atoms with Gasteiger partial charge in [0, 0.05) is 24.6 Å². The van der Waals surface area contributed by atoms with E-state index in [1.165, 1.54) is 21.7 Å². The highest BCUT2D eigenvalue weighted by Crippen LogP contribution is 2.39. The summed E-state index contributed by atoms with van der Waals surface area (Å²) >= 11 is 0. The normalized spacial score (nSPS) is 19.9. The molecule has 0 saturated carbocycles. The van der Waals surface area contributed by atoms with Crippen molar-refractivity contribution in [3.8, 4) is 11.5 Å². The van der Waals surface area contributed by atoms with Crippen LogP contribution in [0.5, 0.6) is 0 Å². The van der Waals surface area contributed by atoms with Crippen LogP contribution in [-0.4, -0.2) is 59.7 Å². The number of fused-ring (bicyclic) bond motifs is 1. The number of aromatic amines is 1. The van der Waals surface area contributed by atoms with Crippen molar-refractivity contribution in [2.45, 2.75) is 58.2 Å². The molecule has 2 unspecified atom stereocenters. The Bertz CT molecular complexity index is 1240. The zero-order chi connectivity index (χ0) is 24.1. The van der Waals surface area contributed by atoms with Gasteiger partial charge in [-0.25, -0.2) is 9.31 Å². The summed E-state index contributed by atoms with van der Waals surface area (Å²) in [6, 6.07) is 1.13. The molecule has 10 nitrogen and oxygen atoms in total. The van der Waals surface area contributed by atoms with Gasteiger partial charge in [-0.2, -0.15) is 18.3 Å². The highest BCUT2D eigenvalue weighted by Gasteiger charge is 2.40. The molecule has 0 aromatic carbocycles. The molecule has 3 aromatic heterocycles. The summed E-state index contributed by atoms with van der Waals surface area (Å²) < 4.78 is 44.5. The van der Waals surface area contributed by atoms with E-state index >= 15 is 0 Å². The fraction of sp³-hybridized carbons (Fsp3) is 0.550. The van der Waals surface area contributed by atoms with Crippen molar-refractivity contribution in [3.63, 3.8) is 0 Å². The smallest absolute Gasteiger partial charge is 0.407 e. The average molecular weight is 468 g/mol. The van der Waals surface area contributed by atoms with Crippen LogP contribution in [0.2, 0.25) is 0 Å². The maximum absolute atomic E-state index is 12.6. The van der Waals surface area contributed by atoms with Gasteiger partial charge in [-0.3, -0.25) is 4.79 Å². The number of amides is 1. The van der Waals surface area contributed by atoms with Gasteiger partial charge in [0.05, 0.1) is 11.9 Å². The molecule has 3 aromatic rings. The number of piperidine rings is 1. The number of nitrogens with zero attached hydrogens (tertiary/aromatic N) is 5. The predicted molar refractivity (Wildman–Crippen MR) is 109 cm³/mol. The third-order valence-corrected chi connectivity index (χ3v) is 5.85. The van der Waals surface area contributed by atoms with E-state index in [1.807, 2.05) is 20.8 Å². The van der Waals surface area contributed by atoms with Crippen LogP contribution in [-0.2, 0) is 6.42 Å². The van der Waals surface area contributed by atoms with Crippen LogP contribution in [0.3, 0.4) is 0 Å². The van der Waals surface area contributed by atoms with E-state index in [2.05, 4.69) is 20.3 Å². The van der Waals surface area contributed by atoms with Gasteiger partial charge in [-0.15, -0.1) is 10.2 Å². The number of alkyl halides is 3. The quantitative estimate of drug-likeness (QED) is 0.602. The Morgan fingerprint density at radius 1 is 1.30 bits per heavy atom. The molecule has 0 bridgehead atoms. The van der Waals surface area contributed by atoms with Crippen LogP contribution in [0.25, 0.3) is 17.1 Å². The monoisotopic (exact) mass is 468 g/mol. The predicted octanol–water partition coefficient (Wildman–Crippen LogP) is 3.45. The summed E-state index contributed by atoms with van der Waals surface area (Å²) in [6.07, 6.45) is -4.54. The van der Waals surface area contributed by atoms with E-state index in [0.717, 1.165) is 0 Å². The van der Waals surface area contributed by atoms with E-state index < -0.39 is 30.1 Å².